The molecule has 116 valence electrons. The summed E-state index contributed by atoms with van der Waals surface area (Å²) in [4.78, 5) is 16.7. The van der Waals surface area contributed by atoms with E-state index in [1.165, 1.54) is 0 Å². The van der Waals surface area contributed by atoms with E-state index in [0.29, 0.717) is 29.9 Å². The summed E-state index contributed by atoms with van der Waals surface area (Å²) in [5.74, 6) is 1.09. The van der Waals surface area contributed by atoms with Crippen molar-refractivity contribution in [3.63, 3.8) is 0 Å². The molecule has 3 aromatic heterocycles. The van der Waals surface area contributed by atoms with E-state index in [9.17, 15) is 0 Å². The molecule has 0 atom stereocenters. The van der Waals surface area contributed by atoms with Crippen molar-refractivity contribution < 1.29 is 0 Å². The summed E-state index contributed by atoms with van der Waals surface area (Å²) in [6.45, 7) is 1.18. The minimum atomic E-state index is 0.473. The van der Waals surface area contributed by atoms with Crippen LogP contribution in [-0.4, -0.2) is 19.9 Å². The first-order valence-electron chi connectivity index (χ1n) is 7.09. The minimum Gasteiger partial charge on any atom is -0.365 e. The van der Waals surface area contributed by atoms with E-state index in [0.717, 1.165) is 11.1 Å². The van der Waals surface area contributed by atoms with Crippen LogP contribution < -0.4 is 10.6 Å². The summed E-state index contributed by atoms with van der Waals surface area (Å²) < 4.78 is 0. The summed E-state index contributed by atoms with van der Waals surface area (Å²) in [5.41, 5.74) is 2.10. The second-order valence-electron chi connectivity index (χ2n) is 4.82. The first-order chi connectivity index (χ1) is 11.3. The third-order valence-corrected chi connectivity index (χ3v) is 3.38. The van der Waals surface area contributed by atoms with Gasteiger partial charge in [0.15, 0.2) is 5.82 Å². The third-order valence-electron chi connectivity index (χ3n) is 3.10. The molecule has 3 heterocycles. The first-order valence-corrected chi connectivity index (χ1v) is 7.47. The number of halogens is 1. The Hall–Kier alpha value is -2.73. The fourth-order valence-corrected chi connectivity index (χ4v) is 2.11. The second-order valence-corrected chi connectivity index (χ2v) is 5.23. The molecule has 3 rings (SSSR count). The van der Waals surface area contributed by atoms with E-state index in [4.69, 9.17) is 11.6 Å². The molecule has 0 amide bonds. The topological polar surface area (TPSA) is 75.6 Å². The van der Waals surface area contributed by atoms with Crippen molar-refractivity contribution >= 4 is 23.4 Å². The second kappa shape index (κ2) is 7.51. The lowest BCUT2D eigenvalue weighted by atomic mass is 10.3. The highest BCUT2D eigenvalue weighted by Crippen LogP contribution is 2.20. The van der Waals surface area contributed by atoms with Gasteiger partial charge in [-0.3, -0.25) is 9.97 Å². The number of rotatable bonds is 6. The zero-order chi connectivity index (χ0) is 15.9. The van der Waals surface area contributed by atoms with Gasteiger partial charge in [-0.1, -0.05) is 23.7 Å². The molecular formula is C16H15ClN6. The molecule has 0 spiro atoms. The monoisotopic (exact) mass is 326 g/mol. The predicted octanol–water partition coefficient (Wildman–Crippen LogP) is 3.14. The Morgan fingerprint density at radius 1 is 0.870 bits per heavy atom. The number of aromatic nitrogens is 4. The number of anilines is 2. The Balaban J connectivity index is 1.64. The number of hydrogen-bond acceptors (Lipinski definition) is 6. The molecule has 0 fully saturated rings. The molecule has 3 aromatic rings. The van der Waals surface area contributed by atoms with Crippen LogP contribution in [0.1, 0.15) is 11.1 Å². The van der Waals surface area contributed by atoms with E-state index >= 15 is 0 Å². The lowest BCUT2D eigenvalue weighted by molar-refractivity contribution is 1.02. The van der Waals surface area contributed by atoms with Gasteiger partial charge in [0.25, 0.3) is 0 Å². The van der Waals surface area contributed by atoms with Crippen molar-refractivity contribution in [1.82, 2.24) is 19.9 Å². The van der Waals surface area contributed by atoms with Gasteiger partial charge >= 0.3 is 0 Å². The third kappa shape index (κ3) is 4.37. The standard InChI is InChI=1S/C16H15ClN6/c17-14-11-22-16(21-10-13-4-2-6-19-8-13)23-15(14)20-9-12-3-1-5-18-7-12/h1-8,11H,9-10H2,(H2,20,21,22,23). The Labute approximate surface area is 139 Å². The molecule has 2 N–H and O–H groups in total. The number of pyridine rings is 2. The van der Waals surface area contributed by atoms with Gasteiger partial charge in [0.05, 0.1) is 6.20 Å². The number of nitrogens with one attached hydrogen (secondary N) is 2. The van der Waals surface area contributed by atoms with Crippen LogP contribution in [0, 0.1) is 0 Å². The average Bonchev–Trinajstić information content (AvgIpc) is 2.62. The fraction of sp³-hybridized carbons (Fsp3) is 0.125. The molecule has 23 heavy (non-hydrogen) atoms. The lowest BCUT2D eigenvalue weighted by Gasteiger charge is -2.10. The lowest BCUT2D eigenvalue weighted by Crippen LogP contribution is -2.07. The van der Waals surface area contributed by atoms with E-state index in [1.54, 1.807) is 31.0 Å². The van der Waals surface area contributed by atoms with Gasteiger partial charge in [0.2, 0.25) is 5.95 Å². The quantitative estimate of drug-likeness (QED) is 0.724. The maximum atomic E-state index is 6.14. The maximum absolute atomic E-state index is 6.14. The highest BCUT2D eigenvalue weighted by molar-refractivity contribution is 6.32. The molecule has 7 heteroatoms. The van der Waals surface area contributed by atoms with Crippen molar-refractivity contribution in [2.75, 3.05) is 10.6 Å². The predicted molar refractivity (Wildman–Crippen MR) is 90.2 cm³/mol. The van der Waals surface area contributed by atoms with Crippen LogP contribution in [0.3, 0.4) is 0 Å². The molecule has 0 aliphatic rings. The summed E-state index contributed by atoms with van der Waals surface area (Å²) in [6, 6.07) is 7.74. The molecule has 0 aromatic carbocycles. The molecule has 0 radical (unpaired) electrons. The Morgan fingerprint density at radius 3 is 2.13 bits per heavy atom. The molecule has 0 saturated heterocycles. The van der Waals surface area contributed by atoms with Crippen LogP contribution in [0.5, 0.6) is 0 Å². The molecule has 0 saturated carbocycles. The van der Waals surface area contributed by atoms with Crippen LogP contribution in [-0.2, 0) is 13.1 Å². The van der Waals surface area contributed by atoms with Gasteiger partial charge in [-0.15, -0.1) is 0 Å². The zero-order valence-electron chi connectivity index (χ0n) is 12.3. The van der Waals surface area contributed by atoms with E-state index in [1.807, 2.05) is 24.3 Å². The molecule has 0 aliphatic heterocycles. The smallest absolute Gasteiger partial charge is 0.224 e. The van der Waals surface area contributed by atoms with Gasteiger partial charge in [-0.05, 0) is 23.3 Å². The highest BCUT2D eigenvalue weighted by Gasteiger charge is 2.05. The van der Waals surface area contributed by atoms with Gasteiger partial charge < -0.3 is 10.6 Å². The van der Waals surface area contributed by atoms with Crippen molar-refractivity contribution in [1.29, 1.82) is 0 Å². The Bertz CT molecular complexity index is 751. The zero-order valence-corrected chi connectivity index (χ0v) is 13.0. The number of nitrogens with zero attached hydrogens (tertiary/aromatic N) is 4. The van der Waals surface area contributed by atoms with Crippen LogP contribution in [0.15, 0.2) is 55.2 Å². The van der Waals surface area contributed by atoms with Crippen molar-refractivity contribution in [2.45, 2.75) is 13.1 Å². The van der Waals surface area contributed by atoms with Crippen molar-refractivity contribution in [2.24, 2.45) is 0 Å². The largest absolute Gasteiger partial charge is 0.365 e. The summed E-state index contributed by atoms with van der Waals surface area (Å²) >= 11 is 6.14. The normalized spacial score (nSPS) is 10.3. The van der Waals surface area contributed by atoms with Crippen LogP contribution in [0.25, 0.3) is 0 Å². The van der Waals surface area contributed by atoms with Gasteiger partial charge in [-0.25, -0.2) is 4.98 Å². The summed E-state index contributed by atoms with van der Waals surface area (Å²) in [5, 5.41) is 6.82. The van der Waals surface area contributed by atoms with E-state index < -0.39 is 0 Å². The molecular weight excluding hydrogens is 312 g/mol. The van der Waals surface area contributed by atoms with E-state index in [-0.39, 0.29) is 0 Å². The summed E-state index contributed by atoms with van der Waals surface area (Å²) in [6.07, 6.45) is 8.64. The first kappa shape index (κ1) is 15.2. The fourth-order valence-electron chi connectivity index (χ4n) is 1.95. The van der Waals surface area contributed by atoms with Crippen LogP contribution in [0.2, 0.25) is 5.02 Å². The van der Waals surface area contributed by atoms with Gasteiger partial charge in [-0.2, -0.15) is 4.98 Å². The van der Waals surface area contributed by atoms with E-state index in [2.05, 4.69) is 30.6 Å². The number of hydrogen-bond donors (Lipinski definition) is 2. The highest BCUT2D eigenvalue weighted by atomic mass is 35.5. The summed E-state index contributed by atoms with van der Waals surface area (Å²) in [7, 11) is 0. The molecule has 0 unspecified atom stereocenters. The molecule has 0 aliphatic carbocycles. The maximum Gasteiger partial charge on any atom is 0.224 e. The van der Waals surface area contributed by atoms with Gasteiger partial charge in [0, 0.05) is 37.9 Å². The van der Waals surface area contributed by atoms with Crippen molar-refractivity contribution in [3.8, 4) is 0 Å². The van der Waals surface area contributed by atoms with Crippen molar-refractivity contribution in [3.05, 3.63) is 71.4 Å². The molecule has 0 bridgehead atoms. The SMILES string of the molecule is Clc1cnc(NCc2cccnc2)nc1NCc1cccnc1. The Kier molecular flexibility index (Phi) is 4.95. The minimum absolute atomic E-state index is 0.473. The Morgan fingerprint density at radius 2 is 1.52 bits per heavy atom. The van der Waals surface area contributed by atoms with Crippen LogP contribution in [0.4, 0.5) is 11.8 Å². The molecule has 6 nitrogen and oxygen atoms in total. The van der Waals surface area contributed by atoms with Gasteiger partial charge in [0.1, 0.15) is 5.02 Å². The average molecular weight is 327 g/mol. The van der Waals surface area contributed by atoms with Crippen LogP contribution >= 0.6 is 11.6 Å².